The first kappa shape index (κ1) is 57.9. The van der Waals surface area contributed by atoms with Gasteiger partial charge in [-0.05, 0) is 70.6 Å². The summed E-state index contributed by atoms with van der Waals surface area (Å²) in [5, 5.41) is 0. The third-order valence-electron chi connectivity index (χ3n) is 11.7. The summed E-state index contributed by atoms with van der Waals surface area (Å²) >= 11 is 0. The van der Waals surface area contributed by atoms with Crippen molar-refractivity contribution < 1.29 is 28.6 Å². The molecule has 0 aliphatic carbocycles. The molecular formula is C54H100O6. The van der Waals surface area contributed by atoms with Gasteiger partial charge in [-0.25, -0.2) is 0 Å². The van der Waals surface area contributed by atoms with Crippen LogP contribution in [-0.4, -0.2) is 37.2 Å². The first-order valence-electron chi connectivity index (χ1n) is 26.3. The number of ether oxygens (including phenoxy) is 3. The van der Waals surface area contributed by atoms with Crippen LogP contribution in [0.5, 0.6) is 0 Å². The fraction of sp³-hybridized carbons (Fsp3) is 0.870. The summed E-state index contributed by atoms with van der Waals surface area (Å²) in [6, 6.07) is 0. The predicted octanol–water partition coefficient (Wildman–Crippen LogP) is 17.2. The number of hydrogen-bond donors (Lipinski definition) is 0. The molecule has 0 saturated heterocycles. The lowest BCUT2D eigenvalue weighted by atomic mass is 10.1. The minimum absolute atomic E-state index is 0.0726. The summed E-state index contributed by atoms with van der Waals surface area (Å²) in [4.78, 5) is 37.9. The van der Waals surface area contributed by atoms with Gasteiger partial charge < -0.3 is 14.2 Å². The quantitative estimate of drug-likeness (QED) is 0.0263. The number of hydrogen-bond acceptors (Lipinski definition) is 6. The van der Waals surface area contributed by atoms with Gasteiger partial charge in [0, 0.05) is 19.3 Å². The first-order valence-corrected chi connectivity index (χ1v) is 26.3. The Balaban J connectivity index is 4.29. The van der Waals surface area contributed by atoms with Crippen LogP contribution in [0.3, 0.4) is 0 Å². The molecule has 1 atom stereocenters. The molecule has 0 aromatic carbocycles. The highest BCUT2D eigenvalue weighted by Gasteiger charge is 2.19. The highest BCUT2D eigenvalue weighted by atomic mass is 16.6. The van der Waals surface area contributed by atoms with Crippen LogP contribution in [0.4, 0.5) is 0 Å². The predicted molar refractivity (Wildman–Crippen MR) is 256 cm³/mol. The zero-order valence-electron chi connectivity index (χ0n) is 40.2. The summed E-state index contributed by atoms with van der Waals surface area (Å²) in [5.41, 5.74) is 0. The van der Waals surface area contributed by atoms with E-state index in [0.29, 0.717) is 19.3 Å². The summed E-state index contributed by atoms with van der Waals surface area (Å²) in [7, 11) is 0. The third-order valence-corrected chi connectivity index (χ3v) is 11.7. The van der Waals surface area contributed by atoms with Gasteiger partial charge in [0.25, 0.3) is 0 Å². The Labute approximate surface area is 373 Å². The molecule has 0 aliphatic rings. The van der Waals surface area contributed by atoms with Gasteiger partial charge in [0.15, 0.2) is 6.10 Å². The van der Waals surface area contributed by atoms with Gasteiger partial charge >= 0.3 is 17.9 Å². The van der Waals surface area contributed by atoms with Crippen LogP contribution in [0.1, 0.15) is 284 Å². The Morgan fingerprint density at radius 3 is 0.850 bits per heavy atom. The molecule has 0 amide bonds. The van der Waals surface area contributed by atoms with E-state index in [1.165, 1.54) is 180 Å². The second-order valence-electron chi connectivity index (χ2n) is 17.8. The molecule has 0 bridgehead atoms. The van der Waals surface area contributed by atoms with Crippen LogP contribution < -0.4 is 0 Å². The maximum atomic E-state index is 12.8. The zero-order chi connectivity index (χ0) is 43.7. The second kappa shape index (κ2) is 49.5. The average molecular weight is 845 g/mol. The maximum absolute atomic E-state index is 12.8. The molecule has 0 fully saturated rings. The van der Waals surface area contributed by atoms with Gasteiger partial charge in [0.2, 0.25) is 0 Å². The van der Waals surface area contributed by atoms with Gasteiger partial charge in [-0.15, -0.1) is 0 Å². The molecule has 0 radical (unpaired) electrons. The van der Waals surface area contributed by atoms with E-state index in [2.05, 4.69) is 45.1 Å². The first-order chi connectivity index (χ1) is 29.5. The van der Waals surface area contributed by atoms with Gasteiger partial charge in [-0.3, -0.25) is 14.4 Å². The number of carbonyl (C=O) groups is 3. The number of unbranched alkanes of at least 4 members (excludes halogenated alkanes) is 33. The molecule has 0 rings (SSSR count). The van der Waals surface area contributed by atoms with Gasteiger partial charge in [-0.1, -0.05) is 218 Å². The smallest absolute Gasteiger partial charge is 0.306 e. The highest BCUT2D eigenvalue weighted by Crippen LogP contribution is 2.15. The normalized spacial score (nSPS) is 12.1. The SMILES string of the molecule is CCCCCC/C=C\CCCCCCCC(=O)O[C@@H](COC(=O)CCCCCCCCC/C=C\CCCCCCCCCC)COC(=O)CCCCCCCCCCCC. The molecule has 60 heavy (non-hydrogen) atoms. The van der Waals surface area contributed by atoms with E-state index in [1.807, 2.05) is 0 Å². The van der Waals surface area contributed by atoms with E-state index < -0.39 is 6.10 Å². The second-order valence-corrected chi connectivity index (χ2v) is 17.8. The number of allylic oxidation sites excluding steroid dienone is 4. The fourth-order valence-electron chi connectivity index (χ4n) is 7.67. The van der Waals surface area contributed by atoms with Gasteiger partial charge in [0.05, 0.1) is 0 Å². The van der Waals surface area contributed by atoms with Crippen molar-refractivity contribution in [3.05, 3.63) is 24.3 Å². The lowest BCUT2D eigenvalue weighted by molar-refractivity contribution is -0.167. The highest BCUT2D eigenvalue weighted by molar-refractivity contribution is 5.71. The van der Waals surface area contributed by atoms with E-state index in [4.69, 9.17) is 14.2 Å². The Kier molecular flexibility index (Phi) is 47.8. The Morgan fingerprint density at radius 1 is 0.317 bits per heavy atom. The molecule has 0 N–H and O–H groups in total. The largest absolute Gasteiger partial charge is 0.462 e. The van der Waals surface area contributed by atoms with Crippen molar-refractivity contribution in [3.8, 4) is 0 Å². The molecule has 0 spiro atoms. The summed E-state index contributed by atoms with van der Waals surface area (Å²) in [6.07, 6.45) is 55.9. The number of rotatable bonds is 48. The average Bonchev–Trinajstić information content (AvgIpc) is 3.24. The fourth-order valence-corrected chi connectivity index (χ4v) is 7.67. The van der Waals surface area contributed by atoms with Crippen LogP contribution in [0, 0.1) is 0 Å². The molecule has 0 aliphatic heterocycles. The van der Waals surface area contributed by atoms with E-state index in [-0.39, 0.29) is 31.1 Å². The van der Waals surface area contributed by atoms with Crippen molar-refractivity contribution in [2.24, 2.45) is 0 Å². The Hall–Kier alpha value is -2.11. The monoisotopic (exact) mass is 845 g/mol. The molecule has 6 nitrogen and oxygen atoms in total. The number of carbonyl (C=O) groups excluding carboxylic acids is 3. The van der Waals surface area contributed by atoms with Crippen molar-refractivity contribution in [2.75, 3.05) is 13.2 Å². The topological polar surface area (TPSA) is 78.9 Å². The minimum atomic E-state index is -0.771. The lowest BCUT2D eigenvalue weighted by Crippen LogP contribution is -2.30. The van der Waals surface area contributed by atoms with Gasteiger partial charge in [0.1, 0.15) is 13.2 Å². The molecule has 0 heterocycles. The third kappa shape index (κ3) is 46.9. The molecule has 352 valence electrons. The van der Waals surface area contributed by atoms with E-state index in [0.717, 1.165) is 64.2 Å². The zero-order valence-corrected chi connectivity index (χ0v) is 40.2. The van der Waals surface area contributed by atoms with E-state index in [9.17, 15) is 14.4 Å². The van der Waals surface area contributed by atoms with E-state index >= 15 is 0 Å². The molecule has 0 aromatic rings. The molecule has 0 saturated carbocycles. The standard InChI is InChI=1S/C54H100O6/c1-4-7-10-13-16-19-22-24-25-26-27-28-29-31-32-35-38-41-44-47-53(56)59-50-51(49-58-52(55)46-43-40-37-34-21-18-15-12-9-6-3)60-54(57)48-45-42-39-36-33-30-23-20-17-14-11-8-5-2/h20,23,26-27,51H,4-19,21-22,24-25,28-50H2,1-3H3/b23-20-,27-26-/t51-/m1/s1. The van der Waals surface area contributed by atoms with Crippen molar-refractivity contribution in [2.45, 2.75) is 290 Å². The van der Waals surface area contributed by atoms with E-state index in [1.54, 1.807) is 0 Å². The summed E-state index contributed by atoms with van der Waals surface area (Å²) in [5.74, 6) is -0.876. The van der Waals surface area contributed by atoms with Crippen LogP contribution in [0.25, 0.3) is 0 Å². The van der Waals surface area contributed by atoms with Crippen molar-refractivity contribution in [3.63, 3.8) is 0 Å². The Bertz CT molecular complexity index is 973. The summed E-state index contributed by atoms with van der Waals surface area (Å²) < 4.78 is 16.8. The van der Waals surface area contributed by atoms with Crippen LogP contribution in [0.2, 0.25) is 0 Å². The van der Waals surface area contributed by atoms with Crippen molar-refractivity contribution in [1.82, 2.24) is 0 Å². The van der Waals surface area contributed by atoms with Gasteiger partial charge in [-0.2, -0.15) is 0 Å². The van der Waals surface area contributed by atoms with Crippen LogP contribution in [-0.2, 0) is 28.6 Å². The maximum Gasteiger partial charge on any atom is 0.306 e. The minimum Gasteiger partial charge on any atom is -0.462 e. The van der Waals surface area contributed by atoms with Crippen LogP contribution >= 0.6 is 0 Å². The Morgan fingerprint density at radius 2 is 0.550 bits per heavy atom. The molecule has 0 aromatic heterocycles. The van der Waals surface area contributed by atoms with Crippen molar-refractivity contribution in [1.29, 1.82) is 0 Å². The van der Waals surface area contributed by atoms with Crippen LogP contribution in [0.15, 0.2) is 24.3 Å². The summed E-state index contributed by atoms with van der Waals surface area (Å²) in [6.45, 7) is 6.62. The molecule has 0 unspecified atom stereocenters. The lowest BCUT2D eigenvalue weighted by Gasteiger charge is -2.18. The molecule has 6 heteroatoms. The molecular weight excluding hydrogens is 745 g/mol. The number of esters is 3. The van der Waals surface area contributed by atoms with Crippen molar-refractivity contribution >= 4 is 17.9 Å².